The Bertz CT molecular complexity index is 716. The summed E-state index contributed by atoms with van der Waals surface area (Å²) in [7, 11) is 0. The SMILES string of the molecule is CCOC(=O)CN1C(=O)C(F)(F)c2cc(NC(=O)C3CC3)ccc21. The van der Waals surface area contributed by atoms with Gasteiger partial charge in [-0.05, 0) is 38.0 Å². The molecule has 2 amide bonds. The predicted octanol–water partition coefficient (Wildman–Crippen LogP) is 2.04. The van der Waals surface area contributed by atoms with E-state index in [0.717, 1.165) is 18.9 Å². The number of hydrogen-bond donors (Lipinski definition) is 1. The Morgan fingerprint density at radius 1 is 1.38 bits per heavy atom. The second kappa shape index (κ2) is 5.85. The highest BCUT2D eigenvalue weighted by atomic mass is 19.3. The van der Waals surface area contributed by atoms with Gasteiger partial charge in [-0.15, -0.1) is 0 Å². The van der Waals surface area contributed by atoms with Gasteiger partial charge in [0.15, 0.2) is 0 Å². The Kier molecular flexibility index (Phi) is 3.98. The van der Waals surface area contributed by atoms with Gasteiger partial charge in [0.25, 0.3) is 0 Å². The minimum Gasteiger partial charge on any atom is -0.465 e. The molecule has 24 heavy (non-hydrogen) atoms. The van der Waals surface area contributed by atoms with Crippen LogP contribution >= 0.6 is 0 Å². The van der Waals surface area contributed by atoms with E-state index in [1.807, 2.05) is 0 Å². The molecule has 0 spiro atoms. The van der Waals surface area contributed by atoms with Gasteiger partial charge in [-0.2, -0.15) is 8.78 Å². The van der Waals surface area contributed by atoms with E-state index in [1.54, 1.807) is 6.92 Å². The Morgan fingerprint density at radius 2 is 2.08 bits per heavy atom. The lowest BCUT2D eigenvalue weighted by atomic mass is 10.1. The molecule has 6 nitrogen and oxygen atoms in total. The lowest BCUT2D eigenvalue weighted by Gasteiger charge is -2.16. The zero-order chi connectivity index (χ0) is 17.5. The van der Waals surface area contributed by atoms with Crippen LogP contribution in [0, 0.1) is 5.92 Å². The zero-order valence-corrected chi connectivity index (χ0v) is 13.0. The third kappa shape index (κ3) is 2.83. The minimum atomic E-state index is -3.75. The van der Waals surface area contributed by atoms with Crippen LogP contribution in [0.3, 0.4) is 0 Å². The van der Waals surface area contributed by atoms with E-state index in [0.29, 0.717) is 4.90 Å². The fourth-order valence-electron chi connectivity index (χ4n) is 2.58. The molecule has 0 bridgehead atoms. The van der Waals surface area contributed by atoms with Crippen molar-refractivity contribution in [1.29, 1.82) is 0 Å². The summed E-state index contributed by atoms with van der Waals surface area (Å²) in [6.45, 7) is 1.10. The van der Waals surface area contributed by atoms with Crippen molar-refractivity contribution >= 4 is 29.2 Å². The monoisotopic (exact) mass is 338 g/mol. The van der Waals surface area contributed by atoms with Crippen molar-refractivity contribution in [2.45, 2.75) is 25.7 Å². The molecular formula is C16H16F2N2O4. The van der Waals surface area contributed by atoms with Gasteiger partial charge in [0, 0.05) is 11.6 Å². The molecule has 1 saturated carbocycles. The molecule has 1 aliphatic heterocycles. The summed E-state index contributed by atoms with van der Waals surface area (Å²) in [6, 6.07) is 3.82. The highest BCUT2D eigenvalue weighted by Crippen LogP contribution is 2.45. The van der Waals surface area contributed by atoms with E-state index in [2.05, 4.69) is 5.32 Å². The second-order valence-electron chi connectivity index (χ2n) is 5.77. The normalized spacial score (nSPS) is 18.3. The highest BCUT2D eigenvalue weighted by Gasteiger charge is 2.53. The summed E-state index contributed by atoms with van der Waals surface area (Å²) >= 11 is 0. The van der Waals surface area contributed by atoms with Crippen molar-refractivity contribution in [2.75, 3.05) is 23.4 Å². The third-order valence-corrected chi connectivity index (χ3v) is 3.95. The number of anilines is 2. The molecule has 0 aromatic heterocycles. The molecule has 8 heteroatoms. The van der Waals surface area contributed by atoms with Gasteiger partial charge in [0.1, 0.15) is 6.54 Å². The first kappa shape index (κ1) is 16.4. The molecule has 0 radical (unpaired) electrons. The number of alkyl halides is 2. The number of rotatable bonds is 5. The number of amides is 2. The number of fused-ring (bicyclic) bond motifs is 1. The lowest BCUT2D eigenvalue weighted by Crippen LogP contribution is -2.38. The average Bonchev–Trinajstić information content (AvgIpc) is 3.34. The molecule has 128 valence electrons. The maximum absolute atomic E-state index is 14.2. The van der Waals surface area contributed by atoms with Crippen molar-refractivity contribution < 1.29 is 27.9 Å². The Hall–Kier alpha value is -2.51. The number of nitrogens with zero attached hydrogens (tertiary/aromatic N) is 1. The first-order valence-corrected chi connectivity index (χ1v) is 7.65. The van der Waals surface area contributed by atoms with Gasteiger partial charge >= 0.3 is 17.8 Å². The molecule has 1 aromatic rings. The molecule has 1 aliphatic carbocycles. The minimum absolute atomic E-state index is 0.0533. The topological polar surface area (TPSA) is 75.7 Å². The van der Waals surface area contributed by atoms with Crippen molar-refractivity contribution in [1.82, 2.24) is 0 Å². The molecule has 3 rings (SSSR count). The first-order chi connectivity index (χ1) is 11.3. The summed E-state index contributed by atoms with van der Waals surface area (Å²) in [5.41, 5.74) is -0.371. The Morgan fingerprint density at radius 3 is 2.71 bits per heavy atom. The quantitative estimate of drug-likeness (QED) is 0.834. The number of halogens is 2. The maximum atomic E-state index is 14.2. The molecule has 1 fully saturated rings. The number of esters is 1. The van der Waals surface area contributed by atoms with Crippen molar-refractivity contribution in [3.63, 3.8) is 0 Å². The molecule has 0 atom stereocenters. The Labute approximate surface area is 136 Å². The largest absolute Gasteiger partial charge is 0.465 e. The fraction of sp³-hybridized carbons (Fsp3) is 0.438. The summed E-state index contributed by atoms with van der Waals surface area (Å²) in [6.07, 6.45) is 1.58. The van der Waals surface area contributed by atoms with Gasteiger partial charge in [-0.1, -0.05) is 0 Å². The van der Waals surface area contributed by atoms with Crippen LogP contribution in [0.25, 0.3) is 0 Å². The standard InChI is InChI=1S/C16H16F2N2O4/c1-2-24-13(21)8-20-12-6-5-10(19-14(22)9-3-4-9)7-11(12)16(17,18)15(20)23/h5-7,9H,2-4,8H2,1H3,(H,19,22). The fourth-order valence-corrected chi connectivity index (χ4v) is 2.58. The lowest BCUT2D eigenvalue weighted by molar-refractivity contribution is -0.146. The van der Waals surface area contributed by atoms with E-state index >= 15 is 0 Å². The van der Waals surface area contributed by atoms with E-state index < -0.39 is 29.9 Å². The molecule has 1 heterocycles. The molecule has 1 N–H and O–H groups in total. The number of ether oxygens (including phenoxy) is 1. The van der Waals surface area contributed by atoms with Crippen molar-refractivity contribution in [2.24, 2.45) is 5.92 Å². The summed E-state index contributed by atoms with van der Waals surface area (Å²) in [5, 5.41) is 2.57. The molecule has 2 aliphatic rings. The van der Waals surface area contributed by atoms with Crippen LogP contribution < -0.4 is 10.2 Å². The van der Waals surface area contributed by atoms with Crippen molar-refractivity contribution in [3.8, 4) is 0 Å². The summed E-state index contributed by atoms with van der Waals surface area (Å²) in [5.74, 6) is -6.27. The van der Waals surface area contributed by atoms with Crippen LogP contribution in [0.5, 0.6) is 0 Å². The number of hydrogen-bond acceptors (Lipinski definition) is 4. The molecule has 0 unspecified atom stereocenters. The van der Waals surface area contributed by atoms with Crippen LogP contribution in [0.15, 0.2) is 18.2 Å². The predicted molar refractivity (Wildman–Crippen MR) is 80.7 cm³/mol. The number of carbonyl (C=O) groups is 3. The zero-order valence-electron chi connectivity index (χ0n) is 13.0. The van der Waals surface area contributed by atoms with Gasteiger partial charge in [-0.3, -0.25) is 19.3 Å². The van der Waals surface area contributed by atoms with Gasteiger partial charge < -0.3 is 10.1 Å². The van der Waals surface area contributed by atoms with Crippen LogP contribution in [-0.4, -0.2) is 30.9 Å². The smallest absolute Gasteiger partial charge is 0.352 e. The molecule has 0 saturated heterocycles. The van der Waals surface area contributed by atoms with Crippen LogP contribution in [0.2, 0.25) is 0 Å². The second-order valence-corrected chi connectivity index (χ2v) is 5.77. The molecular weight excluding hydrogens is 322 g/mol. The first-order valence-electron chi connectivity index (χ1n) is 7.65. The van der Waals surface area contributed by atoms with Gasteiger partial charge in [0.2, 0.25) is 5.91 Å². The van der Waals surface area contributed by atoms with Gasteiger partial charge in [0.05, 0.1) is 17.9 Å². The van der Waals surface area contributed by atoms with E-state index in [4.69, 9.17) is 4.74 Å². The third-order valence-electron chi connectivity index (χ3n) is 3.95. The van der Waals surface area contributed by atoms with E-state index in [9.17, 15) is 23.2 Å². The average molecular weight is 338 g/mol. The van der Waals surface area contributed by atoms with E-state index in [-0.39, 0.29) is 29.8 Å². The van der Waals surface area contributed by atoms with Crippen LogP contribution in [0.1, 0.15) is 25.3 Å². The summed E-state index contributed by atoms with van der Waals surface area (Å²) < 4.78 is 33.2. The number of carbonyl (C=O) groups excluding carboxylic acids is 3. The highest BCUT2D eigenvalue weighted by molar-refractivity contribution is 6.09. The maximum Gasteiger partial charge on any atom is 0.352 e. The van der Waals surface area contributed by atoms with Crippen LogP contribution in [0.4, 0.5) is 20.2 Å². The molecule has 1 aromatic carbocycles. The number of benzene rings is 1. The number of nitrogens with one attached hydrogen (secondary N) is 1. The van der Waals surface area contributed by atoms with Gasteiger partial charge in [-0.25, -0.2) is 0 Å². The van der Waals surface area contributed by atoms with E-state index in [1.165, 1.54) is 12.1 Å². The Balaban J connectivity index is 1.87. The summed E-state index contributed by atoms with van der Waals surface area (Å²) in [4.78, 5) is 36.0. The van der Waals surface area contributed by atoms with Crippen LogP contribution in [-0.2, 0) is 25.0 Å². The van der Waals surface area contributed by atoms with Crippen molar-refractivity contribution in [3.05, 3.63) is 23.8 Å².